The van der Waals surface area contributed by atoms with Gasteiger partial charge in [-0.1, -0.05) is 50.4 Å². The molecule has 0 spiro atoms. The third-order valence-electron chi connectivity index (χ3n) is 5.57. The summed E-state index contributed by atoms with van der Waals surface area (Å²) in [6.07, 6.45) is 3.87. The van der Waals surface area contributed by atoms with Crippen molar-refractivity contribution in [1.82, 2.24) is 0 Å². The molecule has 3 rings (SSSR count). The lowest BCUT2D eigenvalue weighted by Gasteiger charge is -2.28. The number of nitrogens with one attached hydrogen (secondary N) is 1. The first-order chi connectivity index (χ1) is 13.3. The highest BCUT2D eigenvalue weighted by Crippen LogP contribution is 2.42. The van der Waals surface area contributed by atoms with Gasteiger partial charge in [0.15, 0.2) is 0 Å². The molecule has 1 amide bonds. The van der Waals surface area contributed by atoms with Gasteiger partial charge in [0.2, 0.25) is 5.91 Å². The second kappa shape index (κ2) is 8.57. The van der Waals surface area contributed by atoms with Crippen molar-refractivity contribution in [3.8, 4) is 5.75 Å². The molecule has 0 aromatic heterocycles. The second-order valence-corrected chi connectivity index (χ2v) is 8.83. The molecule has 1 aliphatic carbocycles. The average molecular weight is 400 g/mol. The summed E-state index contributed by atoms with van der Waals surface area (Å²) in [7, 11) is 0. The van der Waals surface area contributed by atoms with Gasteiger partial charge in [0.1, 0.15) is 5.75 Å². The Hall–Kier alpha value is -2.00. The van der Waals surface area contributed by atoms with Crippen LogP contribution < -0.4 is 10.1 Å². The quantitative estimate of drug-likeness (QED) is 0.606. The van der Waals surface area contributed by atoms with Gasteiger partial charge < -0.3 is 10.1 Å². The highest BCUT2D eigenvalue weighted by Gasteiger charge is 2.42. The van der Waals surface area contributed by atoms with E-state index in [1.54, 1.807) is 0 Å². The zero-order valence-corrected chi connectivity index (χ0v) is 18.0. The molecule has 1 aliphatic rings. The normalized spacial score (nSPS) is 15.6. The minimum atomic E-state index is -0.473. The van der Waals surface area contributed by atoms with Gasteiger partial charge >= 0.3 is 0 Å². The molecule has 2 aromatic carbocycles. The minimum Gasteiger partial charge on any atom is -0.493 e. The number of halogens is 1. The summed E-state index contributed by atoms with van der Waals surface area (Å²) in [5.41, 5.74) is 3.50. The van der Waals surface area contributed by atoms with Crippen molar-refractivity contribution in [2.24, 2.45) is 5.92 Å². The van der Waals surface area contributed by atoms with Crippen LogP contribution in [0.1, 0.15) is 56.2 Å². The van der Waals surface area contributed by atoms with E-state index in [-0.39, 0.29) is 5.91 Å². The van der Waals surface area contributed by atoms with Crippen LogP contribution in [0, 0.1) is 19.8 Å². The Kier molecular flexibility index (Phi) is 6.34. The summed E-state index contributed by atoms with van der Waals surface area (Å²) < 4.78 is 5.96. The fourth-order valence-electron chi connectivity index (χ4n) is 4.15. The first-order valence-corrected chi connectivity index (χ1v) is 10.5. The zero-order valence-electron chi connectivity index (χ0n) is 17.3. The lowest BCUT2D eigenvalue weighted by Crippen LogP contribution is -2.38. The third kappa shape index (κ3) is 4.35. The molecule has 0 unspecified atom stereocenters. The van der Waals surface area contributed by atoms with E-state index >= 15 is 0 Å². The monoisotopic (exact) mass is 399 g/mol. The summed E-state index contributed by atoms with van der Waals surface area (Å²) in [5.74, 6) is 1.46. The third-order valence-corrected chi connectivity index (χ3v) is 5.82. The molecule has 3 nitrogen and oxygen atoms in total. The summed E-state index contributed by atoms with van der Waals surface area (Å²) in [4.78, 5) is 13.4. The maximum absolute atomic E-state index is 13.4. The van der Waals surface area contributed by atoms with E-state index in [0.717, 1.165) is 53.8 Å². The smallest absolute Gasteiger partial charge is 0.235 e. The molecule has 1 N–H and O–H groups in total. The maximum atomic E-state index is 13.4. The molecule has 0 heterocycles. The molecule has 4 heteroatoms. The number of hydrogen-bond donors (Lipinski definition) is 1. The number of carbonyl (C=O) groups excluding carboxylic acids is 1. The van der Waals surface area contributed by atoms with E-state index in [1.807, 2.05) is 50.2 Å². The second-order valence-electron chi connectivity index (χ2n) is 8.39. The predicted octanol–water partition coefficient (Wildman–Crippen LogP) is 6.44. The van der Waals surface area contributed by atoms with Crippen molar-refractivity contribution < 1.29 is 9.53 Å². The Morgan fingerprint density at radius 3 is 2.21 bits per heavy atom. The minimum absolute atomic E-state index is 0.0713. The van der Waals surface area contributed by atoms with Crippen LogP contribution in [0.4, 0.5) is 5.69 Å². The van der Waals surface area contributed by atoms with Gasteiger partial charge in [-0.05, 0) is 73.6 Å². The molecule has 2 aromatic rings. The fraction of sp³-hybridized carbons (Fsp3) is 0.458. The molecule has 0 aliphatic heterocycles. The van der Waals surface area contributed by atoms with Crippen LogP contribution in [-0.2, 0) is 10.2 Å². The van der Waals surface area contributed by atoms with Crippen molar-refractivity contribution in [1.29, 1.82) is 0 Å². The van der Waals surface area contributed by atoms with E-state index in [9.17, 15) is 4.79 Å². The van der Waals surface area contributed by atoms with Crippen molar-refractivity contribution >= 4 is 23.2 Å². The number of aryl methyl sites for hydroxylation is 2. The van der Waals surface area contributed by atoms with Gasteiger partial charge in [-0.3, -0.25) is 4.79 Å². The van der Waals surface area contributed by atoms with E-state index < -0.39 is 5.41 Å². The molecule has 0 radical (unpaired) electrons. The molecule has 0 bridgehead atoms. The van der Waals surface area contributed by atoms with Crippen LogP contribution in [-0.4, -0.2) is 12.5 Å². The standard InChI is InChI=1S/C24H30ClNO2/c1-16(2)15-28-22-17(3)13-21(14-18(22)4)26-23(27)24(11-5-6-12-24)19-7-9-20(25)10-8-19/h7-10,13-14,16H,5-6,11-12,15H2,1-4H3,(H,26,27). The van der Waals surface area contributed by atoms with Gasteiger partial charge in [-0.25, -0.2) is 0 Å². The number of rotatable bonds is 6. The highest BCUT2D eigenvalue weighted by molar-refractivity contribution is 6.30. The predicted molar refractivity (Wildman–Crippen MR) is 116 cm³/mol. The van der Waals surface area contributed by atoms with Crippen LogP contribution in [0.25, 0.3) is 0 Å². The molecule has 1 saturated carbocycles. The Labute approximate surface area is 173 Å². The summed E-state index contributed by atoms with van der Waals surface area (Å²) >= 11 is 6.06. The van der Waals surface area contributed by atoms with E-state index in [0.29, 0.717) is 17.5 Å². The van der Waals surface area contributed by atoms with Gasteiger partial charge in [0.25, 0.3) is 0 Å². The number of amides is 1. The number of ether oxygens (including phenoxy) is 1. The van der Waals surface area contributed by atoms with E-state index in [2.05, 4.69) is 19.2 Å². The summed E-state index contributed by atoms with van der Waals surface area (Å²) in [6.45, 7) is 9.02. The van der Waals surface area contributed by atoms with Crippen LogP contribution in [0.15, 0.2) is 36.4 Å². The molecule has 0 saturated heterocycles. The van der Waals surface area contributed by atoms with Crippen LogP contribution >= 0.6 is 11.6 Å². The highest BCUT2D eigenvalue weighted by atomic mass is 35.5. The zero-order chi connectivity index (χ0) is 20.3. The van der Waals surface area contributed by atoms with E-state index in [1.165, 1.54) is 0 Å². The Morgan fingerprint density at radius 1 is 1.11 bits per heavy atom. The van der Waals surface area contributed by atoms with Crippen molar-refractivity contribution in [2.75, 3.05) is 11.9 Å². The van der Waals surface area contributed by atoms with Gasteiger partial charge in [0.05, 0.1) is 12.0 Å². The van der Waals surface area contributed by atoms with Crippen LogP contribution in [0.3, 0.4) is 0 Å². The summed E-state index contributed by atoms with van der Waals surface area (Å²) in [6, 6.07) is 11.7. The maximum Gasteiger partial charge on any atom is 0.235 e. The number of hydrogen-bond acceptors (Lipinski definition) is 2. The fourth-order valence-corrected chi connectivity index (χ4v) is 4.27. The van der Waals surface area contributed by atoms with Crippen molar-refractivity contribution in [2.45, 2.75) is 58.8 Å². The Morgan fingerprint density at radius 2 is 1.68 bits per heavy atom. The summed E-state index contributed by atoms with van der Waals surface area (Å²) in [5, 5.41) is 3.88. The Balaban J connectivity index is 1.83. The van der Waals surface area contributed by atoms with Crippen molar-refractivity contribution in [3.05, 3.63) is 58.1 Å². The number of benzene rings is 2. The largest absolute Gasteiger partial charge is 0.493 e. The number of carbonyl (C=O) groups is 1. The van der Waals surface area contributed by atoms with Gasteiger partial charge in [-0.2, -0.15) is 0 Å². The van der Waals surface area contributed by atoms with Gasteiger partial charge in [-0.15, -0.1) is 0 Å². The average Bonchev–Trinajstić information content (AvgIpc) is 3.12. The first-order valence-electron chi connectivity index (χ1n) is 10.1. The van der Waals surface area contributed by atoms with Gasteiger partial charge in [0, 0.05) is 10.7 Å². The topological polar surface area (TPSA) is 38.3 Å². The lowest BCUT2D eigenvalue weighted by molar-refractivity contribution is -0.121. The molecule has 150 valence electrons. The van der Waals surface area contributed by atoms with Crippen LogP contribution in [0.2, 0.25) is 5.02 Å². The molecular weight excluding hydrogens is 370 g/mol. The lowest BCUT2D eigenvalue weighted by atomic mass is 9.78. The Bertz CT molecular complexity index is 813. The number of anilines is 1. The van der Waals surface area contributed by atoms with Crippen LogP contribution in [0.5, 0.6) is 5.75 Å². The molecule has 0 atom stereocenters. The van der Waals surface area contributed by atoms with Crippen molar-refractivity contribution in [3.63, 3.8) is 0 Å². The molecular formula is C24H30ClNO2. The molecule has 1 fully saturated rings. The van der Waals surface area contributed by atoms with E-state index in [4.69, 9.17) is 16.3 Å². The molecule has 28 heavy (non-hydrogen) atoms. The first kappa shape index (κ1) is 20.7. The SMILES string of the molecule is Cc1cc(NC(=O)C2(c3ccc(Cl)cc3)CCCC2)cc(C)c1OCC(C)C.